The van der Waals surface area contributed by atoms with Gasteiger partial charge in [0.25, 0.3) is 0 Å². The number of pyridine rings is 1. The van der Waals surface area contributed by atoms with E-state index in [0.29, 0.717) is 12.0 Å². The van der Waals surface area contributed by atoms with Crippen molar-refractivity contribution in [2.45, 2.75) is 18.4 Å². The van der Waals surface area contributed by atoms with Crippen molar-refractivity contribution in [3.63, 3.8) is 0 Å². The molecule has 2 atom stereocenters. The van der Waals surface area contributed by atoms with Crippen LogP contribution < -0.4 is 5.73 Å². The van der Waals surface area contributed by atoms with E-state index in [1.807, 2.05) is 12.3 Å². The van der Waals surface area contributed by atoms with Crippen molar-refractivity contribution in [3.05, 3.63) is 28.5 Å². The summed E-state index contributed by atoms with van der Waals surface area (Å²) in [4.78, 5) is 4.14. The summed E-state index contributed by atoms with van der Waals surface area (Å²) in [5, 5.41) is 0. The molecule has 2 rings (SSSR count). The lowest BCUT2D eigenvalue weighted by Crippen LogP contribution is -2.00. The number of nitrogens with zero attached hydrogens (tertiary/aromatic N) is 1. The van der Waals surface area contributed by atoms with Gasteiger partial charge in [0.2, 0.25) is 0 Å². The van der Waals surface area contributed by atoms with Crippen LogP contribution in [0, 0.1) is 0 Å². The van der Waals surface area contributed by atoms with E-state index in [1.165, 1.54) is 5.56 Å². The molecular weight excluding hydrogens is 275 g/mol. The second-order valence-electron chi connectivity index (χ2n) is 2.92. The van der Waals surface area contributed by atoms with Gasteiger partial charge in [-0.1, -0.05) is 6.07 Å². The first-order valence-electron chi connectivity index (χ1n) is 3.64. The lowest BCUT2D eigenvalue weighted by Gasteiger charge is -1.96. The minimum absolute atomic E-state index is 0. The summed E-state index contributed by atoms with van der Waals surface area (Å²) in [6, 6.07) is 4.41. The highest BCUT2D eigenvalue weighted by atomic mass is 79.9. The van der Waals surface area contributed by atoms with Gasteiger partial charge in [0.1, 0.15) is 4.60 Å². The summed E-state index contributed by atoms with van der Waals surface area (Å²) in [6.45, 7) is 0. The second kappa shape index (κ2) is 5.15. The van der Waals surface area contributed by atoms with Crippen molar-refractivity contribution in [2.75, 3.05) is 0 Å². The quantitative estimate of drug-likeness (QED) is 0.806. The molecule has 1 aliphatic carbocycles. The van der Waals surface area contributed by atoms with Crippen molar-refractivity contribution < 1.29 is 0 Å². The van der Waals surface area contributed by atoms with Crippen LogP contribution in [0.2, 0.25) is 0 Å². The predicted molar refractivity (Wildman–Crippen MR) is 61.8 cm³/mol. The highest BCUT2D eigenvalue weighted by Crippen LogP contribution is 2.38. The average molecular weight is 286 g/mol. The molecule has 0 aromatic carbocycles. The molecule has 0 spiro atoms. The fourth-order valence-electron chi connectivity index (χ4n) is 1.20. The molecular formula is C8H11BrCl2N2. The topological polar surface area (TPSA) is 38.9 Å². The third-order valence-electron chi connectivity index (χ3n) is 2.02. The normalized spacial score (nSPS) is 24.2. The largest absolute Gasteiger partial charge is 0.327 e. The Morgan fingerprint density at radius 3 is 2.38 bits per heavy atom. The SMILES string of the molecule is Cl.Cl.N[C@@H]1C[C@H]1c1ccc(Br)nc1. The van der Waals surface area contributed by atoms with Gasteiger partial charge in [-0.2, -0.15) is 0 Å². The minimum atomic E-state index is 0. The van der Waals surface area contributed by atoms with Crippen molar-refractivity contribution in [3.8, 4) is 0 Å². The van der Waals surface area contributed by atoms with Crippen LogP contribution in [0.15, 0.2) is 22.9 Å². The van der Waals surface area contributed by atoms with Gasteiger partial charge in [0.05, 0.1) is 0 Å². The van der Waals surface area contributed by atoms with E-state index in [1.54, 1.807) is 0 Å². The molecule has 1 heterocycles. The average Bonchev–Trinajstić information content (AvgIpc) is 2.69. The van der Waals surface area contributed by atoms with Crippen LogP contribution in [0.25, 0.3) is 0 Å². The summed E-state index contributed by atoms with van der Waals surface area (Å²) in [5.41, 5.74) is 6.96. The van der Waals surface area contributed by atoms with E-state index in [-0.39, 0.29) is 24.8 Å². The number of halogens is 3. The monoisotopic (exact) mass is 284 g/mol. The van der Waals surface area contributed by atoms with E-state index in [4.69, 9.17) is 5.73 Å². The van der Waals surface area contributed by atoms with Gasteiger partial charge in [-0.3, -0.25) is 0 Å². The van der Waals surface area contributed by atoms with Crippen LogP contribution in [0.1, 0.15) is 17.9 Å². The molecule has 13 heavy (non-hydrogen) atoms. The predicted octanol–water partition coefficient (Wildman–Crippen LogP) is 2.50. The zero-order valence-corrected chi connectivity index (χ0v) is 10.0. The minimum Gasteiger partial charge on any atom is -0.327 e. The molecule has 2 N–H and O–H groups in total. The van der Waals surface area contributed by atoms with Crippen molar-refractivity contribution in [1.82, 2.24) is 4.98 Å². The zero-order chi connectivity index (χ0) is 7.84. The number of rotatable bonds is 1. The molecule has 0 aliphatic heterocycles. The molecule has 1 aromatic rings. The highest BCUT2D eigenvalue weighted by molar-refractivity contribution is 9.10. The Morgan fingerprint density at radius 1 is 1.38 bits per heavy atom. The van der Waals surface area contributed by atoms with E-state index in [2.05, 4.69) is 27.0 Å². The van der Waals surface area contributed by atoms with E-state index < -0.39 is 0 Å². The van der Waals surface area contributed by atoms with Crippen LogP contribution in [0.5, 0.6) is 0 Å². The first kappa shape index (κ1) is 13.2. The molecule has 2 nitrogen and oxygen atoms in total. The Labute approximate surface area is 98.3 Å². The van der Waals surface area contributed by atoms with Gasteiger partial charge in [-0.25, -0.2) is 4.98 Å². The summed E-state index contributed by atoms with van der Waals surface area (Å²) in [7, 11) is 0. The first-order valence-corrected chi connectivity index (χ1v) is 4.43. The highest BCUT2D eigenvalue weighted by Gasteiger charge is 2.34. The molecule has 0 saturated heterocycles. The van der Waals surface area contributed by atoms with Crippen LogP contribution in [-0.2, 0) is 0 Å². The van der Waals surface area contributed by atoms with Gasteiger partial charge in [-0.15, -0.1) is 24.8 Å². The summed E-state index contributed by atoms with van der Waals surface area (Å²) < 4.78 is 0.885. The number of nitrogens with two attached hydrogens (primary N) is 1. The number of hydrogen-bond acceptors (Lipinski definition) is 2. The fourth-order valence-corrected chi connectivity index (χ4v) is 1.44. The van der Waals surface area contributed by atoms with Gasteiger partial charge in [0.15, 0.2) is 0 Å². The molecule has 1 saturated carbocycles. The Hall–Kier alpha value is 0.170. The van der Waals surface area contributed by atoms with E-state index in [0.717, 1.165) is 11.0 Å². The van der Waals surface area contributed by atoms with Crippen molar-refractivity contribution in [2.24, 2.45) is 5.73 Å². The second-order valence-corrected chi connectivity index (χ2v) is 3.73. The van der Waals surface area contributed by atoms with E-state index in [9.17, 15) is 0 Å². The van der Waals surface area contributed by atoms with Crippen LogP contribution in [-0.4, -0.2) is 11.0 Å². The third kappa shape index (κ3) is 3.09. The summed E-state index contributed by atoms with van der Waals surface area (Å²) in [6.07, 6.45) is 3.00. The van der Waals surface area contributed by atoms with Crippen molar-refractivity contribution >= 4 is 40.7 Å². The van der Waals surface area contributed by atoms with Gasteiger partial charge < -0.3 is 5.73 Å². The third-order valence-corrected chi connectivity index (χ3v) is 2.49. The number of hydrogen-bond donors (Lipinski definition) is 1. The van der Waals surface area contributed by atoms with Crippen LogP contribution >= 0.6 is 40.7 Å². The Kier molecular flexibility index (Phi) is 5.22. The standard InChI is InChI=1S/C8H9BrN2.2ClH/c9-8-2-1-5(4-11-8)6-3-7(6)10;;/h1-2,4,6-7H,3,10H2;2*1H/t6-,7+;;/m0../s1. The van der Waals surface area contributed by atoms with Crippen molar-refractivity contribution in [1.29, 1.82) is 0 Å². The maximum absolute atomic E-state index is 5.70. The summed E-state index contributed by atoms with van der Waals surface area (Å²) in [5.74, 6) is 0.565. The van der Waals surface area contributed by atoms with Gasteiger partial charge >= 0.3 is 0 Å². The lowest BCUT2D eigenvalue weighted by molar-refractivity contribution is 0.978. The lowest BCUT2D eigenvalue weighted by atomic mass is 10.2. The fraction of sp³-hybridized carbons (Fsp3) is 0.375. The Morgan fingerprint density at radius 2 is 2.00 bits per heavy atom. The Balaban J connectivity index is 0.000000720. The zero-order valence-electron chi connectivity index (χ0n) is 6.81. The molecule has 5 heteroatoms. The van der Waals surface area contributed by atoms with Gasteiger partial charge in [-0.05, 0) is 34.0 Å². The molecule has 0 amide bonds. The molecule has 0 bridgehead atoms. The molecule has 0 unspecified atom stereocenters. The van der Waals surface area contributed by atoms with Crippen LogP contribution in [0.4, 0.5) is 0 Å². The molecule has 1 aromatic heterocycles. The first-order chi connectivity index (χ1) is 5.27. The smallest absolute Gasteiger partial charge is 0.106 e. The number of aromatic nitrogens is 1. The Bertz CT molecular complexity index is 265. The maximum Gasteiger partial charge on any atom is 0.106 e. The molecule has 1 fully saturated rings. The maximum atomic E-state index is 5.70. The summed E-state index contributed by atoms with van der Waals surface area (Å²) >= 11 is 3.29. The molecule has 74 valence electrons. The van der Waals surface area contributed by atoms with Gasteiger partial charge in [0, 0.05) is 18.2 Å². The molecule has 1 aliphatic rings. The molecule has 0 radical (unpaired) electrons. The van der Waals surface area contributed by atoms with E-state index >= 15 is 0 Å². The van der Waals surface area contributed by atoms with Crippen LogP contribution in [0.3, 0.4) is 0 Å².